The van der Waals surface area contributed by atoms with E-state index in [1.54, 1.807) is 0 Å². The molecule has 1 saturated carbocycles. The average Bonchev–Trinajstić information content (AvgIpc) is 3.11. The van der Waals surface area contributed by atoms with Crippen LogP contribution in [-0.4, -0.2) is 41.7 Å². The van der Waals surface area contributed by atoms with Crippen molar-refractivity contribution in [3.8, 4) is 5.75 Å². The molecule has 0 aromatic heterocycles. The van der Waals surface area contributed by atoms with Crippen molar-refractivity contribution in [1.29, 1.82) is 0 Å². The Morgan fingerprint density at radius 2 is 2.28 bits per heavy atom. The Hall–Kier alpha value is -1.07. The minimum Gasteiger partial charge on any atom is -0.492 e. The molecule has 1 N–H and O–H groups in total. The zero-order valence-electron chi connectivity index (χ0n) is 10.0. The minimum atomic E-state index is -0.774. The van der Waals surface area contributed by atoms with Gasteiger partial charge in [-0.2, -0.15) is 0 Å². The molecule has 0 saturated heterocycles. The summed E-state index contributed by atoms with van der Waals surface area (Å²) in [6, 6.07) is 8.08. The maximum atomic E-state index is 10.7. The van der Waals surface area contributed by atoms with Gasteiger partial charge in [0.15, 0.2) is 0 Å². The molecule has 98 valence electrons. The Labute approximate surface area is 115 Å². The van der Waals surface area contributed by atoms with Crippen LogP contribution in [0.5, 0.6) is 5.75 Å². The van der Waals surface area contributed by atoms with Gasteiger partial charge in [0.1, 0.15) is 12.4 Å². The van der Waals surface area contributed by atoms with Crippen molar-refractivity contribution in [2.24, 2.45) is 0 Å². The first kappa shape index (κ1) is 13.4. The van der Waals surface area contributed by atoms with Gasteiger partial charge in [0.25, 0.3) is 0 Å². The lowest BCUT2D eigenvalue weighted by molar-refractivity contribution is -0.138. The van der Waals surface area contributed by atoms with E-state index in [4.69, 9.17) is 9.84 Å². The molecule has 1 aromatic rings. The molecule has 1 fully saturated rings. The number of rotatable bonds is 7. The Balaban J connectivity index is 1.77. The van der Waals surface area contributed by atoms with Gasteiger partial charge in [-0.25, -0.2) is 0 Å². The van der Waals surface area contributed by atoms with E-state index >= 15 is 0 Å². The highest BCUT2D eigenvalue weighted by Gasteiger charge is 2.29. The van der Waals surface area contributed by atoms with Crippen LogP contribution >= 0.6 is 15.9 Å². The molecule has 0 unspecified atom stereocenters. The molecule has 5 heteroatoms. The number of carboxylic acid groups (broad SMARTS) is 1. The summed E-state index contributed by atoms with van der Waals surface area (Å²) in [7, 11) is 0. The predicted octanol–water partition coefficient (Wildman–Crippen LogP) is 2.38. The second-order valence-electron chi connectivity index (χ2n) is 4.40. The van der Waals surface area contributed by atoms with Crippen LogP contribution in [0.3, 0.4) is 0 Å². The molecular weight excluding hydrogens is 298 g/mol. The van der Waals surface area contributed by atoms with E-state index in [2.05, 4.69) is 15.9 Å². The lowest BCUT2D eigenvalue weighted by Crippen LogP contribution is -2.35. The van der Waals surface area contributed by atoms with Crippen LogP contribution in [0.1, 0.15) is 12.8 Å². The van der Waals surface area contributed by atoms with Gasteiger partial charge in [0.2, 0.25) is 0 Å². The third kappa shape index (κ3) is 4.31. The smallest absolute Gasteiger partial charge is 0.317 e. The van der Waals surface area contributed by atoms with Crippen LogP contribution in [0.25, 0.3) is 0 Å². The number of hydrogen-bond acceptors (Lipinski definition) is 3. The number of carbonyl (C=O) groups is 1. The zero-order chi connectivity index (χ0) is 13.0. The second-order valence-corrected chi connectivity index (χ2v) is 5.32. The molecule has 1 aliphatic rings. The van der Waals surface area contributed by atoms with Crippen LogP contribution in [0.4, 0.5) is 0 Å². The fourth-order valence-electron chi connectivity index (χ4n) is 1.84. The van der Waals surface area contributed by atoms with Gasteiger partial charge >= 0.3 is 5.97 Å². The van der Waals surface area contributed by atoms with Crippen molar-refractivity contribution >= 4 is 21.9 Å². The first-order chi connectivity index (χ1) is 8.65. The maximum Gasteiger partial charge on any atom is 0.317 e. The number of carboxylic acids is 1. The molecule has 18 heavy (non-hydrogen) atoms. The fraction of sp³-hybridized carbons (Fsp3) is 0.462. The topological polar surface area (TPSA) is 49.8 Å². The largest absolute Gasteiger partial charge is 0.492 e. The molecule has 0 bridgehead atoms. The third-order valence-electron chi connectivity index (χ3n) is 2.84. The lowest BCUT2D eigenvalue weighted by Gasteiger charge is -2.19. The molecular formula is C13H16BrNO3. The Morgan fingerprint density at radius 1 is 1.50 bits per heavy atom. The van der Waals surface area contributed by atoms with E-state index in [0.717, 1.165) is 23.1 Å². The van der Waals surface area contributed by atoms with Crippen LogP contribution in [0.2, 0.25) is 0 Å². The molecule has 0 spiro atoms. The van der Waals surface area contributed by atoms with Gasteiger partial charge in [-0.1, -0.05) is 22.0 Å². The van der Waals surface area contributed by atoms with Crippen molar-refractivity contribution in [3.63, 3.8) is 0 Å². The summed E-state index contributed by atoms with van der Waals surface area (Å²) in [6.45, 7) is 1.27. The number of ether oxygens (including phenoxy) is 1. The molecule has 0 aliphatic heterocycles. The van der Waals surface area contributed by atoms with Gasteiger partial charge in [0, 0.05) is 17.1 Å². The molecule has 0 atom stereocenters. The maximum absolute atomic E-state index is 10.7. The van der Waals surface area contributed by atoms with E-state index in [1.807, 2.05) is 29.2 Å². The van der Waals surface area contributed by atoms with Gasteiger partial charge < -0.3 is 9.84 Å². The fourth-order valence-corrected chi connectivity index (χ4v) is 2.22. The second kappa shape index (κ2) is 6.20. The minimum absolute atomic E-state index is 0.104. The highest BCUT2D eigenvalue weighted by molar-refractivity contribution is 9.10. The quantitative estimate of drug-likeness (QED) is 0.839. The van der Waals surface area contributed by atoms with E-state index in [9.17, 15) is 4.79 Å². The van der Waals surface area contributed by atoms with Crippen LogP contribution in [0, 0.1) is 0 Å². The molecule has 0 heterocycles. The Kier molecular flexibility index (Phi) is 4.60. The standard InChI is InChI=1S/C13H16BrNO3/c14-10-2-1-3-12(8-10)18-7-6-15(9-13(16)17)11-4-5-11/h1-3,8,11H,4-7,9H2,(H,16,17). The predicted molar refractivity (Wildman–Crippen MR) is 71.9 cm³/mol. The molecule has 1 aromatic carbocycles. The number of nitrogens with zero attached hydrogens (tertiary/aromatic N) is 1. The van der Waals surface area contributed by atoms with E-state index in [1.165, 1.54) is 0 Å². The van der Waals surface area contributed by atoms with Gasteiger partial charge in [-0.05, 0) is 31.0 Å². The lowest BCUT2D eigenvalue weighted by atomic mass is 10.3. The number of hydrogen-bond donors (Lipinski definition) is 1. The van der Waals surface area contributed by atoms with E-state index < -0.39 is 5.97 Å². The van der Waals surface area contributed by atoms with Crippen molar-refractivity contribution < 1.29 is 14.6 Å². The number of halogens is 1. The highest BCUT2D eigenvalue weighted by atomic mass is 79.9. The van der Waals surface area contributed by atoms with Gasteiger partial charge in [0.05, 0.1) is 6.54 Å². The summed E-state index contributed by atoms with van der Waals surface area (Å²) in [4.78, 5) is 12.7. The zero-order valence-corrected chi connectivity index (χ0v) is 11.6. The Bertz CT molecular complexity index is 420. The third-order valence-corrected chi connectivity index (χ3v) is 3.34. The van der Waals surface area contributed by atoms with Gasteiger partial charge in [-0.3, -0.25) is 9.69 Å². The summed E-state index contributed by atoms with van der Waals surface area (Å²) >= 11 is 3.38. The summed E-state index contributed by atoms with van der Waals surface area (Å²) in [5.74, 6) is 0.0276. The molecule has 4 nitrogen and oxygen atoms in total. The normalized spacial score (nSPS) is 14.8. The summed E-state index contributed by atoms with van der Waals surface area (Å²) < 4.78 is 6.59. The van der Waals surface area contributed by atoms with Crippen LogP contribution in [-0.2, 0) is 4.79 Å². The Morgan fingerprint density at radius 3 is 2.89 bits per heavy atom. The summed E-state index contributed by atoms with van der Waals surface area (Å²) in [5, 5.41) is 8.82. The van der Waals surface area contributed by atoms with Crippen LogP contribution in [0.15, 0.2) is 28.7 Å². The van der Waals surface area contributed by atoms with Crippen molar-refractivity contribution in [2.45, 2.75) is 18.9 Å². The molecule has 1 aliphatic carbocycles. The number of benzene rings is 1. The highest BCUT2D eigenvalue weighted by Crippen LogP contribution is 2.26. The average molecular weight is 314 g/mol. The van der Waals surface area contributed by atoms with Crippen molar-refractivity contribution in [3.05, 3.63) is 28.7 Å². The SMILES string of the molecule is O=C(O)CN(CCOc1cccc(Br)c1)C1CC1. The monoisotopic (exact) mass is 313 g/mol. The molecule has 2 rings (SSSR count). The van der Waals surface area contributed by atoms with E-state index in [-0.39, 0.29) is 6.54 Å². The first-order valence-corrected chi connectivity index (χ1v) is 6.78. The van der Waals surface area contributed by atoms with Gasteiger partial charge in [-0.15, -0.1) is 0 Å². The van der Waals surface area contributed by atoms with Crippen molar-refractivity contribution in [2.75, 3.05) is 19.7 Å². The molecule has 0 amide bonds. The first-order valence-electron chi connectivity index (χ1n) is 5.99. The molecule has 0 radical (unpaired) electrons. The van der Waals surface area contributed by atoms with Crippen LogP contribution < -0.4 is 4.74 Å². The summed E-state index contributed by atoms with van der Waals surface area (Å²) in [6.07, 6.45) is 2.20. The number of aliphatic carboxylic acids is 1. The van der Waals surface area contributed by atoms with E-state index in [0.29, 0.717) is 19.2 Å². The summed E-state index contributed by atoms with van der Waals surface area (Å²) in [5.41, 5.74) is 0. The van der Waals surface area contributed by atoms with Crippen molar-refractivity contribution in [1.82, 2.24) is 4.90 Å².